The molecule has 2 aliphatic rings. The maximum Gasteiger partial charge on any atom is 0.274 e. The van der Waals surface area contributed by atoms with Gasteiger partial charge >= 0.3 is 0 Å². The van der Waals surface area contributed by atoms with Gasteiger partial charge in [0.15, 0.2) is 0 Å². The number of piperidine rings is 1. The molecule has 6 heteroatoms. The molecule has 2 fully saturated rings. The summed E-state index contributed by atoms with van der Waals surface area (Å²) in [5, 5.41) is 0. The maximum atomic E-state index is 12.4. The van der Waals surface area contributed by atoms with E-state index in [1.165, 1.54) is 0 Å². The smallest absolute Gasteiger partial charge is 0.274 e. The van der Waals surface area contributed by atoms with Crippen LogP contribution in [0.2, 0.25) is 0 Å². The van der Waals surface area contributed by atoms with E-state index >= 15 is 0 Å². The Morgan fingerprint density at radius 3 is 2.55 bits per heavy atom. The van der Waals surface area contributed by atoms with Crippen LogP contribution in [0.5, 0.6) is 0 Å². The summed E-state index contributed by atoms with van der Waals surface area (Å²) in [4.78, 5) is 36.5. The van der Waals surface area contributed by atoms with E-state index in [2.05, 4.69) is 9.97 Å². The lowest BCUT2D eigenvalue weighted by Crippen LogP contribution is -2.44. The second kappa shape index (κ2) is 5.66. The zero-order chi connectivity index (χ0) is 15.7. The lowest BCUT2D eigenvalue weighted by atomic mass is 9.77. The normalized spacial score (nSPS) is 20.7. The molecular weight excluding hydrogens is 280 g/mol. The fraction of sp³-hybridized carbons (Fsp3) is 0.625. The van der Waals surface area contributed by atoms with Crippen molar-refractivity contribution >= 4 is 11.8 Å². The lowest BCUT2D eigenvalue weighted by Gasteiger charge is -2.38. The number of rotatable bonds is 2. The highest BCUT2D eigenvalue weighted by Crippen LogP contribution is 2.41. The molecule has 1 aromatic rings. The number of likely N-dealkylation sites (tertiary alicyclic amines) is 2. The van der Waals surface area contributed by atoms with Crippen LogP contribution >= 0.6 is 0 Å². The summed E-state index contributed by atoms with van der Waals surface area (Å²) in [7, 11) is 0. The fourth-order valence-electron chi connectivity index (χ4n) is 3.45. The third-order valence-corrected chi connectivity index (χ3v) is 4.90. The Bertz CT molecular complexity index is 576. The molecule has 6 nitrogen and oxygen atoms in total. The largest absolute Gasteiger partial charge is 0.342 e. The van der Waals surface area contributed by atoms with Gasteiger partial charge in [0, 0.05) is 44.2 Å². The zero-order valence-corrected chi connectivity index (χ0v) is 13.2. The van der Waals surface area contributed by atoms with E-state index in [4.69, 9.17) is 0 Å². The van der Waals surface area contributed by atoms with Gasteiger partial charge in [-0.3, -0.25) is 14.6 Å². The van der Waals surface area contributed by atoms with Crippen molar-refractivity contribution in [1.82, 2.24) is 19.8 Å². The molecule has 0 aromatic carbocycles. The van der Waals surface area contributed by atoms with Gasteiger partial charge < -0.3 is 9.80 Å². The van der Waals surface area contributed by atoms with E-state index in [0.717, 1.165) is 31.6 Å². The molecule has 0 bridgehead atoms. The number of carbonyl (C=O) groups excluding carboxylic acids is 2. The Morgan fingerprint density at radius 2 is 2.00 bits per heavy atom. The van der Waals surface area contributed by atoms with E-state index in [1.54, 1.807) is 12.4 Å². The number of nitrogens with zero attached hydrogens (tertiary/aromatic N) is 4. The predicted molar refractivity (Wildman–Crippen MR) is 81.2 cm³/mol. The first-order valence-corrected chi connectivity index (χ1v) is 7.89. The Kier molecular flexibility index (Phi) is 3.85. The average Bonchev–Trinajstić information content (AvgIpc) is 2.84. The molecule has 118 valence electrons. The summed E-state index contributed by atoms with van der Waals surface area (Å²) in [6.07, 6.45) is 5.57. The highest BCUT2D eigenvalue weighted by molar-refractivity contribution is 5.92. The highest BCUT2D eigenvalue weighted by atomic mass is 16.2. The second-order valence-corrected chi connectivity index (χ2v) is 6.42. The van der Waals surface area contributed by atoms with Gasteiger partial charge in [0.2, 0.25) is 5.91 Å². The molecule has 0 saturated carbocycles. The van der Waals surface area contributed by atoms with Crippen LogP contribution in [0.4, 0.5) is 0 Å². The Morgan fingerprint density at radius 1 is 1.27 bits per heavy atom. The van der Waals surface area contributed by atoms with Crippen LogP contribution in [-0.2, 0) is 4.79 Å². The summed E-state index contributed by atoms with van der Waals surface area (Å²) in [6.45, 7) is 6.88. The van der Waals surface area contributed by atoms with Gasteiger partial charge in [-0.1, -0.05) is 0 Å². The number of hydrogen-bond acceptors (Lipinski definition) is 4. The zero-order valence-electron chi connectivity index (χ0n) is 13.2. The molecule has 0 unspecified atom stereocenters. The van der Waals surface area contributed by atoms with Crippen molar-refractivity contribution in [1.29, 1.82) is 0 Å². The Balaban J connectivity index is 1.63. The van der Waals surface area contributed by atoms with Crippen LogP contribution in [0.15, 0.2) is 12.4 Å². The number of hydrogen-bond donors (Lipinski definition) is 0. The van der Waals surface area contributed by atoms with Crippen molar-refractivity contribution in [2.24, 2.45) is 5.41 Å². The minimum atomic E-state index is -0.0565. The molecule has 0 aliphatic carbocycles. The van der Waals surface area contributed by atoms with Crippen LogP contribution < -0.4 is 0 Å². The molecule has 2 amide bonds. The van der Waals surface area contributed by atoms with E-state index < -0.39 is 0 Å². The van der Waals surface area contributed by atoms with Gasteiger partial charge in [-0.05, 0) is 26.7 Å². The first-order valence-electron chi connectivity index (χ1n) is 7.89. The molecule has 3 rings (SSSR count). The van der Waals surface area contributed by atoms with E-state index in [9.17, 15) is 9.59 Å². The van der Waals surface area contributed by atoms with Crippen molar-refractivity contribution in [2.75, 3.05) is 26.2 Å². The van der Waals surface area contributed by atoms with Crippen LogP contribution in [0, 0.1) is 12.3 Å². The molecule has 1 spiro atoms. The van der Waals surface area contributed by atoms with E-state index in [-0.39, 0.29) is 17.2 Å². The minimum absolute atomic E-state index is 0.0565. The molecule has 0 N–H and O–H groups in total. The monoisotopic (exact) mass is 302 g/mol. The Labute approximate surface area is 130 Å². The predicted octanol–water partition coefficient (Wildman–Crippen LogP) is 1.26. The average molecular weight is 302 g/mol. The molecule has 1 aromatic heterocycles. The summed E-state index contributed by atoms with van der Waals surface area (Å²) < 4.78 is 0. The number of aromatic nitrogens is 2. The molecule has 0 atom stereocenters. The highest BCUT2D eigenvalue weighted by Gasteiger charge is 2.44. The van der Waals surface area contributed by atoms with Crippen LogP contribution in [-0.4, -0.2) is 57.8 Å². The van der Waals surface area contributed by atoms with E-state index in [1.807, 2.05) is 23.6 Å². The van der Waals surface area contributed by atoms with Gasteiger partial charge in [-0.2, -0.15) is 0 Å². The first-order chi connectivity index (χ1) is 10.5. The standard InChI is InChI=1S/C16H22N4O2/c1-3-19-11-16(8-14(19)21)4-6-20(7-5-16)15(22)13-10-17-12(2)9-18-13/h9-10H,3-8,11H2,1-2H3. The fourth-order valence-corrected chi connectivity index (χ4v) is 3.45. The number of amides is 2. The van der Waals surface area contributed by atoms with Crippen molar-refractivity contribution in [3.05, 3.63) is 23.8 Å². The lowest BCUT2D eigenvalue weighted by molar-refractivity contribution is -0.127. The second-order valence-electron chi connectivity index (χ2n) is 6.42. The minimum Gasteiger partial charge on any atom is -0.342 e. The van der Waals surface area contributed by atoms with Crippen LogP contribution in [0.3, 0.4) is 0 Å². The van der Waals surface area contributed by atoms with Crippen molar-refractivity contribution in [3.8, 4) is 0 Å². The van der Waals surface area contributed by atoms with E-state index in [0.29, 0.717) is 25.2 Å². The van der Waals surface area contributed by atoms with Gasteiger partial charge in [-0.25, -0.2) is 4.98 Å². The SMILES string of the molecule is CCN1CC2(CCN(C(=O)c3cnc(C)cn3)CC2)CC1=O. The molecular formula is C16H22N4O2. The third kappa shape index (κ3) is 2.69. The first kappa shape index (κ1) is 14.9. The molecule has 2 saturated heterocycles. The van der Waals surface area contributed by atoms with Gasteiger partial charge in [0.05, 0.1) is 11.9 Å². The summed E-state index contributed by atoms with van der Waals surface area (Å²) >= 11 is 0. The number of carbonyl (C=O) groups is 2. The topological polar surface area (TPSA) is 66.4 Å². The summed E-state index contributed by atoms with van der Waals surface area (Å²) in [6, 6.07) is 0. The maximum absolute atomic E-state index is 12.4. The molecule has 2 aliphatic heterocycles. The Hall–Kier alpha value is -1.98. The van der Waals surface area contributed by atoms with Gasteiger partial charge in [0.25, 0.3) is 5.91 Å². The molecule has 0 radical (unpaired) electrons. The molecule has 3 heterocycles. The summed E-state index contributed by atoms with van der Waals surface area (Å²) in [5.74, 6) is 0.200. The van der Waals surface area contributed by atoms with Crippen LogP contribution in [0.1, 0.15) is 42.4 Å². The van der Waals surface area contributed by atoms with Gasteiger partial charge in [-0.15, -0.1) is 0 Å². The van der Waals surface area contributed by atoms with Crippen molar-refractivity contribution in [2.45, 2.75) is 33.1 Å². The third-order valence-electron chi connectivity index (χ3n) is 4.90. The van der Waals surface area contributed by atoms with Crippen molar-refractivity contribution < 1.29 is 9.59 Å². The summed E-state index contributed by atoms with van der Waals surface area (Å²) in [5.41, 5.74) is 1.28. The quantitative estimate of drug-likeness (QED) is 0.825. The number of aryl methyl sites for hydroxylation is 1. The molecule has 22 heavy (non-hydrogen) atoms. The van der Waals surface area contributed by atoms with Crippen LogP contribution in [0.25, 0.3) is 0 Å². The van der Waals surface area contributed by atoms with Crippen molar-refractivity contribution in [3.63, 3.8) is 0 Å². The van der Waals surface area contributed by atoms with Gasteiger partial charge in [0.1, 0.15) is 5.69 Å².